The van der Waals surface area contributed by atoms with Crippen LogP contribution < -0.4 is 16.6 Å². The van der Waals surface area contributed by atoms with Gasteiger partial charge in [-0.1, -0.05) is 6.07 Å². The first-order valence-corrected chi connectivity index (χ1v) is 5.99. The second kappa shape index (κ2) is 4.74. The van der Waals surface area contributed by atoms with Crippen molar-refractivity contribution in [2.45, 2.75) is 6.92 Å². The second-order valence-corrected chi connectivity index (χ2v) is 4.75. The van der Waals surface area contributed by atoms with Gasteiger partial charge < -0.3 is 5.32 Å². The number of aryl methyl sites for hydroxylation is 1. The maximum atomic E-state index is 11.1. The lowest BCUT2D eigenvalue weighted by Gasteiger charge is -2.07. The highest BCUT2D eigenvalue weighted by Gasteiger charge is 2.00. The molecule has 0 amide bonds. The van der Waals surface area contributed by atoms with Crippen LogP contribution in [0.4, 0.5) is 11.5 Å². The summed E-state index contributed by atoms with van der Waals surface area (Å²) in [5, 5.41) is 2.97. The van der Waals surface area contributed by atoms with E-state index >= 15 is 0 Å². The van der Waals surface area contributed by atoms with Crippen molar-refractivity contribution in [3.8, 4) is 0 Å². The SMILES string of the molecule is Cc1ccc(Nc2cc(=O)[nH]c(=O)[nH]2)cc1I. The van der Waals surface area contributed by atoms with E-state index in [0.717, 1.165) is 9.26 Å². The van der Waals surface area contributed by atoms with E-state index in [2.05, 4.69) is 37.9 Å². The zero-order valence-corrected chi connectivity index (χ0v) is 11.2. The molecular weight excluding hydrogens is 333 g/mol. The Morgan fingerprint density at radius 3 is 2.59 bits per heavy atom. The molecule has 88 valence electrons. The van der Waals surface area contributed by atoms with Crippen molar-refractivity contribution < 1.29 is 0 Å². The topological polar surface area (TPSA) is 77.8 Å². The van der Waals surface area contributed by atoms with Gasteiger partial charge in [-0.3, -0.25) is 14.8 Å². The van der Waals surface area contributed by atoms with Crippen LogP contribution in [0.1, 0.15) is 5.56 Å². The number of aromatic nitrogens is 2. The number of anilines is 2. The third-order valence-corrected chi connectivity index (χ3v) is 3.37. The van der Waals surface area contributed by atoms with E-state index in [1.165, 1.54) is 11.6 Å². The third kappa shape index (κ3) is 2.96. The first-order chi connectivity index (χ1) is 8.04. The quantitative estimate of drug-likeness (QED) is 0.727. The molecule has 0 saturated heterocycles. The molecule has 2 rings (SSSR count). The number of rotatable bonds is 2. The van der Waals surface area contributed by atoms with E-state index in [1.807, 2.05) is 25.1 Å². The smallest absolute Gasteiger partial charge is 0.327 e. The summed E-state index contributed by atoms with van der Waals surface area (Å²) >= 11 is 2.23. The minimum Gasteiger partial charge on any atom is -0.342 e. The lowest BCUT2D eigenvalue weighted by molar-refractivity contribution is 1.04. The fraction of sp³-hybridized carbons (Fsp3) is 0.0909. The Labute approximate surface area is 110 Å². The van der Waals surface area contributed by atoms with Crippen LogP contribution in [0.5, 0.6) is 0 Å². The Balaban J connectivity index is 2.34. The summed E-state index contributed by atoms with van der Waals surface area (Å²) in [5.74, 6) is 0.374. The molecule has 0 aliphatic carbocycles. The van der Waals surface area contributed by atoms with Crippen molar-refractivity contribution in [2.75, 3.05) is 5.32 Å². The summed E-state index contributed by atoms with van der Waals surface area (Å²) in [6.45, 7) is 2.01. The molecule has 1 aromatic heterocycles. The molecule has 0 aliphatic heterocycles. The van der Waals surface area contributed by atoms with Crippen LogP contribution in [0, 0.1) is 10.5 Å². The van der Waals surface area contributed by atoms with Crippen LogP contribution in [0.25, 0.3) is 0 Å². The molecular formula is C11H10IN3O2. The van der Waals surface area contributed by atoms with Crippen molar-refractivity contribution in [1.82, 2.24) is 9.97 Å². The van der Waals surface area contributed by atoms with Crippen molar-refractivity contribution >= 4 is 34.1 Å². The number of halogens is 1. The van der Waals surface area contributed by atoms with Gasteiger partial charge in [0.2, 0.25) is 0 Å². The number of H-pyrrole nitrogens is 2. The molecule has 3 N–H and O–H groups in total. The molecule has 0 spiro atoms. The van der Waals surface area contributed by atoms with Gasteiger partial charge in [0.1, 0.15) is 5.82 Å². The van der Waals surface area contributed by atoms with Crippen LogP contribution >= 0.6 is 22.6 Å². The molecule has 0 bridgehead atoms. The van der Waals surface area contributed by atoms with E-state index < -0.39 is 11.2 Å². The summed E-state index contributed by atoms with van der Waals surface area (Å²) in [7, 11) is 0. The molecule has 1 aromatic carbocycles. The second-order valence-electron chi connectivity index (χ2n) is 3.59. The van der Waals surface area contributed by atoms with Crippen molar-refractivity contribution in [1.29, 1.82) is 0 Å². The van der Waals surface area contributed by atoms with E-state index in [-0.39, 0.29) is 0 Å². The molecule has 0 unspecified atom stereocenters. The lowest BCUT2D eigenvalue weighted by atomic mass is 10.2. The Bertz CT molecular complexity index is 632. The first kappa shape index (κ1) is 11.9. The van der Waals surface area contributed by atoms with E-state index in [0.29, 0.717) is 5.82 Å². The van der Waals surface area contributed by atoms with E-state index in [4.69, 9.17) is 0 Å². The molecule has 0 atom stereocenters. The molecule has 0 fully saturated rings. The average Bonchev–Trinajstić information content (AvgIpc) is 2.22. The van der Waals surface area contributed by atoms with Gasteiger partial charge in [0.05, 0.1) is 0 Å². The molecule has 0 radical (unpaired) electrons. The van der Waals surface area contributed by atoms with Gasteiger partial charge in [-0.05, 0) is 47.2 Å². The standard InChI is InChI=1S/C11H10IN3O2/c1-6-2-3-7(4-8(6)12)13-9-5-10(16)15-11(17)14-9/h2-5H,1H3,(H3,13,14,15,16,17). The van der Waals surface area contributed by atoms with Gasteiger partial charge in [-0.25, -0.2) is 4.79 Å². The van der Waals surface area contributed by atoms with Gasteiger partial charge in [0, 0.05) is 15.3 Å². The van der Waals surface area contributed by atoms with Crippen molar-refractivity contribution in [3.63, 3.8) is 0 Å². The Hall–Kier alpha value is -1.57. The number of nitrogens with one attached hydrogen (secondary N) is 3. The molecule has 0 aliphatic rings. The highest BCUT2D eigenvalue weighted by molar-refractivity contribution is 14.1. The predicted molar refractivity (Wildman–Crippen MR) is 74.9 cm³/mol. The normalized spacial score (nSPS) is 10.2. The van der Waals surface area contributed by atoms with Gasteiger partial charge in [-0.2, -0.15) is 0 Å². The maximum absolute atomic E-state index is 11.1. The molecule has 0 saturated carbocycles. The van der Waals surface area contributed by atoms with Gasteiger partial charge in [-0.15, -0.1) is 0 Å². The molecule has 5 nitrogen and oxygen atoms in total. The summed E-state index contributed by atoms with van der Waals surface area (Å²) in [6, 6.07) is 7.09. The van der Waals surface area contributed by atoms with Gasteiger partial charge in [0.15, 0.2) is 0 Å². The number of benzene rings is 1. The summed E-state index contributed by atoms with van der Waals surface area (Å²) in [5.41, 5.74) is 1.04. The summed E-state index contributed by atoms with van der Waals surface area (Å²) < 4.78 is 1.11. The third-order valence-electron chi connectivity index (χ3n) is 2.21. The zero-order valence-electron chi connectivity index (χ0n) is 9.00. The summed E-state index contributed by atoms with van der Waals surface area (Å²) in [4.78, 5) is 26.8. The van der Waals surface area contributed by atoms with Crippen LogP contribution in [-0.4, -0.2) is 9.97 Å². The molecule has 2 aromatic rings. The Kier molecular flexibility index (Phi) is 3.32. The zero-order chi connectivity index (χ0) is 12.4. The van der Waals surface area contributed by atoms with Crippen LogP contribution in [0.15, 0.2) is 33.9 Å². The van der Waals surface area contributed by atoms with Gasteiger partial charge >= 0.3 is 5.69 Å². The van der Waals surface area contributed by atoms with Crippen LogP contribution in [0.3, 0.4) is 0 Å². The Morgan fingerprint density at radius 1 is 1.18 bits per heavy atom. The monoisotopic (exact) mass is 343 g/mol. The minimum atomic E-state index is -0.526. The number of aromatic amines is 2. The Morgan fingerprint density at radius 2 is 1.94 bits per heavy atom. The first-order valence-electron chi connectivity index (χ1n) is 4.91. The van der Waals surface area contributed by atoms with Crippen molar-refractivity contribution in [3.05, 3.63) is 54.2 Å². The fourth-order valence-electron chi connectivity index (χ4n) is 1.36. The van der Waals surface area contributed by atoms with Crippen LogP contribution in [0.2, 0.25) is 0 Å². The lowest BCUT2D eigenvalue weighted by Crippen LogP contribution is -2.22. The molecule has 17 heavy (non-hydrogen) atoms. The van der Waals surface area contributed by atoms with Gasteiger partial charge in [0.25, 0.3) is 5.56 Å². The predicted octanol–water partition coefficient (Wildman–Crippen LogP) is 1.72. The number of hydrogen-bond donors (Lipinski definition) is 3. The van der Waals surface area contributed by atoms with Crippen molar-refractivity contribution in [2.24, 2.45) is 0 Å². The van der Waals surface area contributed by atoms with Crippen LogP contribution in [-0.2, 0) is 0 Å². The highest BCUT2D eigenvalue weighted by atomic mass is 127. The van der Waals surface area contributed by atoms with E-state index in [9.17, 15) is 9.59 Å². The number of hydrogen-bond acceptors (Lipinski definition) is 3. The molecule has 1 heterocycles. The largest absolute Gasteiger partial charge is 0.342 e. The fourth-order valence-corrected chi connectivity index (χ4v) is 1.88. The average molecular weight is 343 g/mol. The van der Waals surface area contributed by atoms with E-state index in [1.54, 1.807) is 0 Å². The molecule has 6 heteroatoms. The maximum Gasteiger partial charge on any atom is 0.327 e. The summed E-state index contributed by atoms with van der Waals surface area (Å²) in [6.07, 6.45) is 0. The minimum absolute atomic E-state index is 0.374. The highest BCUT2D eigenvalue weighted by Crippen LogP contribution is 2.19.